The van der Waals surface area contributed by atoms with Crippen molar-refractivity contribution >= 4 is 5.91 Å². The molecule has 0 fully saturated rings. The van der Waals surface area contributed by atoms with Crippen LogP contribution in [0.5, 0.6) is 0 Å². The topological polar surface area (TPSA) is 41.1 Å². The van der Waals surface area contributed by atoms with Crippen LogP contribution in [0.25, 0.3) is 0 Å². The van der Waals surface area contributed by atoms with Crippen molar-refractivity contribution in [3.8, 4) is 0 Å². The summed E-state index contributed by atoms with van der Waals surface area (Å²) in [5, 5.41) is 5.40. The molecule has 106 valence electrons. The molecule has 0 aliphatic rings. The van der Waals surface area contributed by atoms with Crippen LogP contribution in [0.15, 0.2) is 24.3 Å². The summed E-state index contributed by atoms with van der Waals surface area (Å²) in [6.07, 6.45) is -3.44. The Labute approximate surface area is 110 Å². The highest BCUT2D eigenvalue weighted by atomic mass is 19.4. The minimum atomic E-state index is -4.40. The lowest BCUT2D eigenvalue weighted by Crippen LogP contribution is -2.25. The molecule has 3 nitrogen and oxygen atoms in total. The van der Waals surface area contributed by atoms with Crippen LogP contribution in [0.3, 0.4) is 0 Å². The zero-order chi connectivity index (χ0) is 14.3. The van der Waals surface area contributed by atoms with Gasteiger partial charge in [0.25, 0.3) is 0 Å². The summed E-state index contributed by atoms with van der Waals surface area (Å²) in [5.74, 6) is -0.243. The monoisotopic (exact) mass is 274 g/mol. The third kappa shape index (κ3) is 5.30. The smallest absolute Gasteiger partial charge is 0.352 e. The first-order valence-electron chi connectivity index (χ1n) is 6.01. The summed E-state index contributed by atoms with van der Waals surface area (Å²) >= 11 is 0. The molecular weight excluding hydrogens is 257 g/mol. The molecule has 0 aromatic heterocycles. The standard InChI is InChI=1S/C13H17F3N2O/c1-17-8-4-7-12(19)18-9-10-5-2-3-6-11(10)13(14,15)16/h2-3,5-6,17H,4,7-9H2,1H3,(H,18,19). The van der Waals surface area contributed by atoms with Crippen molar-refractivity contribution in [2.75, 3.05) is 13.6 Å². The van der Waals surface area contributed by atoms with E-state index in [9.17, 15) is 18.0 Å². The Hall–Kier alpha value is -1.56. The summed E-state index contributed by atoms with van der Waals surface area (Å²) in [4.78, 5) is 11.4. The number of alkyl halides is 3. The van der Waals surface area contributed by atoms with Gasteiger partial charge in [0.2, 0.25) is 5.91 Å². The zero-order valence-corrected chi connectivity index (χ0v) is 10.7. The first kappa shape index (κ1) is 15.5. The van der Waals surface area contributed by atoms with Crippen molar-refractivity contribution in [3.63, 3.8) is 0 Å². The molecule has 1 aromatic rings. The van der Waals surface area contributed by atoms with Crippen molar-refractivity contribution in [1.29, 1.82) is 0 Å². The fraction of sp³-hybridized carbons (Fsp3) is 0.462. The van der Waals surface area contributed by atoms with E-state index in [0.29, 0.717) is 19.4 Å². The van der Waals surface area contributed by atoms with Crippen LogP contribution >= 0.6 is 0 Å². The summed E-state index contributed by atoms with van der Waals surface area (Å²) in [6, 6.07) is 5.25. The van der Waals surface area contributed by atoms with Crippen molar-refractivity contribution in [3.05, 3.63) is 35.4 Å². The van der Waals surface area contributed by atoms with E-state index in [1.165, 1.54) is 18.2 Å². The highest BCUT2D eigenvalue weighted by molar-refractivity contribution is 5.75. The molecule has 0 radical (unpaired) electrons. The highest BCUT2D eigenvalue weighted by Crippen LogP contribution is 2.31. The number of rotatable bonds is 6. The highest BCUT2D eigenvalue weighted by Gasteiger charge is 2.32. The molecule has 19 heavy (non-hydrogen) atoms. The quantitative estimate of drug-likeness (QED) is 0.782. The Morgan fingerprint density at radius 2 is 1.95 bits per heavy atom. The predicted octanol–water partition coefficient (Wildman–Crippen LogP) is 2.32. The second-order valence-corrected chi connectivity index (χ2v) is 4.14. The van der Waals surface area contributed by atoms with Gasteiger partial charge < -0.3 is 10.6 Å². The molecule has 0 spiro atoms. The lowest BCUT2D eigenvalue weighted by atomic mass is 10.1. The number of hydrogen-bond donors (Lipinski definition) is 2. The number of benzene rings is 1. The Kier molecular flexibility index (Phi) is 5.82. The number of amides is 1. The summed E-state index contributed by atoms with van der Waals surface area (Å²) < 4.78 is 38.1. The van der Waals surface area contributed by atoms with E-state index in [0.717, 1.165) is 6.07 Å². The summed E-state index contributed by atoms with van der Waals surface area (Å²) in [5.41, 5.74) is -0.623. The van der Waals surface area contributed by atoms with Gasteiger partial charge in [0.05, 0.1) is 5.56 Å². The van der Waals surface area contributed by atoms with E-state index in [1.54, 1.807) is 7.05 Å². The zero-order valence-electron chi connectivity index (χ0n) is 10.7. The second kappa shape index (κ2) is 7.13. The maximum absolute atomic E-state index is 12.7. The molecule has 0 saturated heterocycles. The van der Waals surface area contributed by atoms with Gasteiger partial charge in [-0.3, -0.25) is 4.79 Å². The van der Waals surface area contributed by atoms with Crippen molar-refractivity contribution in [2.45, 2.75) is 25.6 Å². The van der Waals surface area contributed by atoms with Gasteiger partial charge in [-0.1, -0.05) is 18.2 Å². The Morgan fingerprint density at radius 3 is 2.58 bits per heavy atom. The molecule has 0 unspecified atom stereocenters. The van der Waals surface area contributed by atoms with Gasteiger partial charge in [-0.2, -0.15) is 13.2 Å². The minimum Gasteiger partial charge on any atom is -0.352 e. The normalized spacial score (nSPS) is 11.4. The van der Waals surface area contributed by atoms with Gasteiger partial charge in [-0.25, -0.2) is 0 Å². The first-order valence-corrected chi connectivity index (χ1v) is 6.01. The van der Waals surface area contributed by atoms with Gasteiger partial charge in [-0.05, 0) is 31.6 Å². The van der Waals surface area contributed by atoms with Gasteiger partial charge in [0.1, 0.15) is 0 Å². The maximum Gasteiger partial charge on any atom is 0.416 e. The average Bonchev–Trinajstić information content (AvgIpc) is 2.36. The van der Waals surface area contributed by atoms with E-state index < -0.39 is 11.7 Å². The van der Waals surface area contributed by atoms with Gasteiger partial charge in [0.15, 0.2) is 0 Å². The number of carbonyl (C=O) groups is 1. The van der Waals surface area contributed by atoms with Crippen LogP contribution in [0.2, 0.25) is 0 Å². The molecule has 0 bridgehead atoms. The molecular formula is C13H17F3N2O. The van der Waals surface area contributed by atoms with Crippen molar-refractivity contribution < 1.29 is 18.0 Å². The summed E-state index contributed by atoms with van der Waals surface area (Å²) in [7, 11) is 1.78. The molecule has 1 rings (SSSR count). The van der Waals surface area contributed by atoms with E-state index in [-0.39, 0.29) is 18.0 Å². The predicted molar refractivity (Wildman–Crippen MR) is 66.5 cm³/mol. The molecule has 0 heterocycles. The molecule has 1 amide bonds. The average molecular weight is 274 g/mol. The Bertz CT molecular complexity index is 419. The Morgan fingerprint density at radius 1 is 1.26 bits per heavy atom. The molecule has 0 atom stereocenters. The first-order chi connectivity index (χ1) is 8.95. The van der Waals surface area contributed by atoms with E-state index in [4.69, 9.17) is 0 Å². The maximum atomic E-state index is 12.7. The largest absolute Gasteiger partial charge is 0.416 e. The molecule has 1 aromatic carbocycles. The fourth-order valence-electron chi connectivity index (χ4n) is 1.66. The molecule has 0 aliphatic heterocycles. The van der Waals surface area contributed by atoms with Gasteiger partial charge >= 0.3 is 6.18 Å². The Balaban J connectivity index is 2.56. The van der Waals surface area contributed by atoms with Crippen LogP contribution in [0, 0.1) is 0 Å². The van der Waals surface area contributed by atoms with Crippen molar-refractivity contribution in [2.24, 2.45) is 0 Å². The molecule has 0 aliphatic carbocycles. The summed E-state index contributed by atoms with van der Waals surface area (Å²) in [6.45, 7) is 0.598. The van der Waals surface area contributed by atoms with E-state index in [2.05, 4.69) is 10.6 Å². The second-order valence-electron chi connectivity index (χ2n) is 4.14. The van der Waals surface area contributed by atoms with Crippen LogP contribution in [-0.4, -0.2) is 19.5 Å². The van der Waals surface area contributed by atoms with Crippen LogP contribution in [-0.2, 0) is 17.5 Å². The number of carbonyl (C=O) groups excluding carboxylic acids is 1. The third-order valence-electron chi connectivity index (χ3n) is 2.63. The lowest BCUT2D eigenvalue weighted by Gasteiger charge is -2.13. The van der Waals surface area contributed by atoms with E-state index >= 15 is 0 Å². The number of halogens is 3. The molecule has 0 saturated carbocycles. The third-order valence-corrected chi connectivity index (χ3v) is 2.63. The minimum absolute atomic E-state index is 0.0805. The van der Waals surface area contributed by atoms with Gasteiger partial charge in [-0.15, -0.1) is 0 Å². The number of hydrogen-bond acceptors (Lipinski definition) is 2. The molecule has 2 N–H and O–H groups in total. The SMILES string of the molecule is CNCCCC(=O)NCc1ccccc1C(F)(F)F. The van der Waals surface area contributed by atoms with Crippen LogP contribution < -0.4 is 10.6 Å². The van der Waals surface area contributed by atoms with Crippen LogP contribution in [0.4, 0.5) is 13.2 Å². The molecule has 6 heteroatoms. The van der Waals surface area contributed by atoms with Crippen molar-refractivity contribution in [1.82, 2.24) is 10.6 Å². The lowest BCUT2D eigenvalue weighted by molar-refractivity contribution is -0.138. The number of nitrogens with one attached hydrogen (secondary N) is 2. The fourth-order valence-corrected chi connectivity index (χ4v) is 1.66. The van der Waals surface area contributed by atoms with Gasteiger partial charge in [0, 0.05) is 13.0 Å². The van der Waals surface area contributed by atoms with Crippen LogP contribution in [0.1, 0.15) is 24.0 Å². The van der Waals surface area contributed by atoms with E-state index in [1.807, 2.05) is 0 Å².